The lowest BCUT2D eigenvalue weighted by molar-refractivity contribution is 0.161. The highest BCUT2D eigenvalue weighted by atomic mass is 15.3. The minimum Gasteiger partial charge on any atom is -0.349 e. The van der Waals surface area contributed by atoms with Gasteiger partial charge in [-0.1, -0.05) is 0 Å². The zero-order valence-electron chi connectivity index (χ0n) is 11.5. The molecule has 3 aromatic rings. The fraction of sp³-hybridized carbons (Fsp3) is 0.333. The van der Waals surface area contributed by atoms with Gasteiger partial charge in [-0.3, -0.25) is 4.90 Å². The van der Waals surface area contributed by atoms with Crippen LogP contribution in [0.25, 0.3) is 5.65 Å². The number of fused-ring (bicyclic) bond motifs is 2. The van der Waals surface area contributed by atoms with Crippen molar-refractivity contribution in [1.82, 2.24) is 24.1 Å². The summed E-state index contributed by atoms with van der Waals surface area (Å²) in [6.07, 6.45) is 7.87. The van der Waals surface area contributed by atoms with E-state index in [1.807, 2.05) is 29.2 Å². The van der Waals surface area contributed by atoms with Gasteiger partial charge < -0.3 is 4.57 Å². The van der Waals surface area contributed by atoms with E-state index in [1.54, 1.807) is 0 Å². The van der Waals surface area contributed by atoms with E-state index in [2.05, 4.69) is 44.8 Å². The summed E-state index contributed by atoms with van der Waals surface area (Å²) in [5.41, 5.74) is 3.54. The van der Waals surface area contributed by atoms with Crippen LogP contribution in [-0.2, 0) is 13.1 Å². The molecule has 0 N–H and O–H groups in total. The summed E-state index contributed by atoms with van der Waals surface area (Å²) in [6, 6.07) is 6.68. The Morgan fingerprint density at radius 2 is 2.20 bits per heavy atom. The molecule has 1 aliphatic rings. The van der Waals surface area contributed by atoms with Gasteiger partial charge in [0.15, 0.2) is 5.65 Å². The van der Waals surface area contributed by atoms with Gasteiger partial charge in [-0.15, -0.1) is 0 Å². The first-order valence-corrected chi connectivity index (χ1v) is 6.99. The van der Waals surface area contributed by atoms with Gasteiger partial charge in [0.2, 0.25) is 0 Å². The molecule has 5 heteroatoms. The van der Waals surface area contributed by atoms with Crippen molar-refractivity contribution in [2.45, 2.75) is 26.1 Å². The number of nitrogens with zero attached hydrogens (tertiary/aromatic N) is 5. The number of hydrogen-bond donors (Lipinski definition) is 0. The minimum atomic E-state index is 0.428. The van der Waals surface area contributed by atoms with Gasteiger partial charge in [0, 0.05) is 55.5 Å². The Kier molecular flexibility index (Phi) is 2.60. The molecule has 20 heavy (non-hydrogen) atoms. The average Bonchev–Trinajstić information content (AvgIpc) is 3.10. The van der Waals surface area contributed by atoms with E-state index in [0.29, 0.717) is 6.04 Å². The quantitative estimate of drug-likeness (QED) is 0.713. The van der Waals surface area contributed by atoms with Crippen LogP contribution in [0.15, 0.2) is 43.0 Å². The van der Waals surface area contributed by atoms with Crippen molar-refractivity contribution >= 4 is 5.65 Å². The molecule has 0 radical (unpaired) electrons. The van der Waals surface area contributed by atoms with Crippen molar-refractivity contribution in [1.29, 1.82) is 0 Å². The van der Waals surface area contributed by atoms with Crippen molar-refractivity contribution in [3.05, 3.63) is 54.2 Å². The molecule has 0 saturated carbocycles. The van der Waals surface area contributed by atoms with Crippen LogP contribution in [0.5, 0.6) is 0 Å². The highest BCUT2D eigenvalue weighted by Gasteiger charge is 2.24. The molecule has 0 saturated heterocycles. The summed E-state index contributed by atoms with van der Waals surface area (Å²) in [7, 11) is 0. The van der Waals surface area contributed by atoms with Crippen molar-refractivity contribution in [3.63, 3.8) is 0 Å². The molecule has 0 fully saturated rings. The van der Waals surface area contributed by atoms with Crippen LogP contribution in [0, 0.1) is 0 Å². The molecule has 102 valence electrons. The molecule has 4 rings (SSSR count). The van der Waals surface area contributed by atoms with Crippen LogP contribution in [0.3, 0.4) is 0 Å². The summed E-state index contributed by atoms with van der Waals surface area (Å²) in [5.74, 6) is 0. The van der Waals surface area contributed by atoms with Gasteiger partial charge in [-0.05, 0) is 25.1 Å². The smallest absolute Gasteiger partial charge is 0.159 e. The molecular weight excluding hydrogens is 250 g/mol. The van der Waals surface area contributed by atoms with Crippen LogP contribution in [0.4, 0.5) is 0 Å². The van der Waals surface area contributed by atoms with Crippen molar-refractivity contribution in [3.8, 4) is 0 Å². The van der Waals surface area contributed by atoms with Gasteiger partial charge in [-0.2, -0.15) is 5.10 Å². The molecule has 0 bridgehead atoms. The maximum Gasteiger partial charge on any atom is 0.159 e. The molecule has 0 spiro atoms. The van der Waals surface area contributed by atoms with Crippen molar-refractivity contribution in [2.24, 2.45) is 0 Å². The standard InChI is InChI=1S/C15H17N5/c1-12-14-4-2-6-18(14)8-9-19(12)11-13-10-17-20-7-3-5-16-15(13)20/h2-7,10,12H,8-9,11H2,1H3/t12-/m1/s1. The predicted octanol–water partition coefficient (Wildman–Crippen LogP) is 2.11. The lowest BCUT2D eigenvalue weighted by Crippen LogP contribution is -2.35. The summed E-state index contributed by atoms with van der Waals surface area (Å²) in [4.78, 5) is 6.92. The lowest BCUT2D eigenvalue weighted by Gasteiger charge is -2.34. The maximum absolute atomic E-state index is 4.43. The molecule has 0 aliphatic carbocycles. The molecule has 1 atom stereocenters. The first kappa shape index (κ1) is 11.7. The van der Waals surface area contributed by atoms with Crippen LogP contribution in [0.1, 0.15) is 24.2 Å². The molecule has 0 unspecified atom stereocenters. The van der Waals surface area contributed by atoms with E-state index >= 15 is 0 Å². The van der Waals surface area contributed by atoms with E-state index in [0.717, 1.165) is 25.3 Å². The van der Waals surface area contributed by atoms with Gasteiger partial charge in [0.05, 0.1) is 6.20 Å². The minimum absolute atomic E-state index is 0.428. The third-order valence-corrected chi connectivity index (χ3v) is 4.19. The molecule has 1 aliphatic heterocycles. The molecule has 0 aromatic carbocycles. The Bertz CT molecular complexity index is 741. The first-order valence-electron chi connectivity index (χ1n) is 6.99. The summed E-state index contributed by atoms with van der Waals surface area (Å²) >= 11 is 0. The highest BCUT2D eigenvalue weighted by Crippen LogP contribution is 2.27. The SMILES string of the molecule is C[C@@H]1c2cccn2CCN1Cc1cnn2cccnc12. The Morgan fingerprint density at radius 1 is 1.25 bits per heavy atom. The molecule has 5 nitrogen and oxygen atoms in total. The average molecular weight is 267 g/mol. The highest BCUT2D eigenvalue weighted by molar-refractivity contribution is 5.45. The van der Waals surface area contributed by atoms with Crippen LogP contribution in [-0.4, -0.2) is 30.6 Å². The van der Waals surface area contributed by atoms with Crippen molar-refractivity contribution in [2.75, 3.05) is 6.54 Å². The summed E-state index contributed by atoms with van der Waals surface area (Å²) in [6.45, 7) is 5.28. The second-order valence-corrected chi connectivity index (χ2v) is 5.33. The lowest BCUT2D eigenvalue weighted by atomic mass is 10.1. The Hall–Kier alpha value is -2.14. The fourth-order valence-corrected chi connectivity index (χ4v) is 3.05. The summed E-state index contributed by atoms with van der Waals surface area (Å²) < 4.78 is 4.18. The Balaban J connectivity index is 1.64. The predicted molar refractivity (Wildman–Crippen MR) is 76.2 cm³/mol. The van der Waals surface area contributed by atoms with E-state index in [9.17, 15) is 0 Å². The Labute approximate surface area is 117 Å². The van der Waals surface area contributed by atoms with Gasteiger partial charge in [-0.25, -0.2) is 9.50 Å². The zero-order chi connectivity index (χ0) is 13.5. The van der Waals surface area contributed by atoms with E-state index in [4.69, 9.17) is 0 Å². The van der Waals surface area contributed by atoms with E-state index in [-0.39, 0.29) is 0 Å². The van der Waals surface area contributed by atoms with Crippen LogP contribution >= 0.6 is 0 Å². The molecule has 0 amide bonds. The van der Waals surface area contributed by atoms with E-state index < -0.39 is 0 Å². The fourth-order valence-electron chi connectivity index (χ4n) is 3.05. The van der Waals surface area contributed by atoms with Crippen LogP contribution in [0.2, 0.25) is 0 Å². The summed E-state index contributed by atoms with van der Waals surface area (Å²) in [5, 5.41) is 4.37. The van der Waals surface area contributed by atoms with Gasteiger partial charge in [0.1, 0.15) is 0 Å². The normalized spacial score (nSPS) is 19.4. The van der Waals surface area contributed by atoms with E-state index in [1.165, 1.54) is 11.3 Å². The monoisotopic (exact) mass is 267 g/mol. The second-order valence-electron chi connectivity index (χ2n) is 5.33. The third kappa shape index (κ3) is 1.74. The maximum atomic E-state index is 4.43. The van der Waals surface area contributed by atoms with Crippen molar-refractivity contribution < 1.29 is 0 Å². The molecule has 4 heterocycles. The van der Waals surface area contributed by atoms with Gasteiger partial charge >= 0.3 is 0 Å². The largest absolute Gasteiger partial charge is 0.349 e. The second kappa shape index (κ2) is 4.45. The number of rotatable bonds is 2. The topological polar surface area (TPSA) is 38.4 Å². The number of hydrogen-bond acceptors (Lipinski definition) is 3. The Morgan fingerprint density at radius 3 is 3.15 bits per heavy atom. The first-order chi connectivity index (χ1) is 9.83. The molecule has 3 aromatic heterocycles. The zero-order valence-corrected chi connectivity index (χ0v) is 11.5. The number of aromatic nitrogens is 4. The molecular formula is C15H17N5. The van der Waals surface area contributed by atoms with Gasteiger partial charge in [0.25, 0.3) is 0 Å². The third-order valence-electron chi connectivity index (χ3n) is 4.19. The van der Waals surface area contributed by atoms with Crippen LogP contribution < -0.4 is 0 Å².